The Morgan fingerprint density at radius 2 is 2.29 bits per heavy atom. The lowest BCUT2D eigenvalue weighted by Gasteiger charge is -2.18. The van der Waals surface area contributed by atoms with Gasteiger partial charge in [0, 0.05) is 16.2 Å². The highest BCUT2D eigenvalue weighted by Crippen LogP contribution is 2.31. The number of halogens is 2. The fourth-order valence-corrected chi connectivity index (χ4v) is 1.69. The maximum absolute atomic E-state index is 10.2. The van der Waals surface area contributed by atoms with E-state index in [1.807, 2.05) is 0 Å². The van der Waals surface area contributed by atoms with Gasteiger partial charge in [-0.15, -0.1) is 0 Å². The maximum Gasteiger partial charge on any atom is 0.235 e. The van der Waals surface area contributed by atoms with E-state index in [-0.39, 0.29) is 0 Å². The minimum Gasteiger partial charge on any atom is -0.243 e. The predicted octanol–water partition coefficient (Wildman–Crippen LogP) is 3.07. The van der Waals surface area contributed by atoms with Gasteiger partial charge in [-0.3, -0.25) is 0 Å². The Kier molecular flexibility index (Phi) is 3.43. The van der Waals surface area contributed by atoms with Gasteiger partial charge in [0.2, 0.25) is 6.08 Å². The van der Waals surface area contributed by atoms with Crippen LogP contribution < -0.4 is 0 Å². The SMILES string of the molecule is CC(C)(N=C=O)c1cc(Br)cnc1Cl. The molecule has 1 aromatic rings. The molecular weight excluding hydrogens is 267 g/mol. The largest absolute Gasteiger partial charge is 0.243 e. The first-order valence-electron chi connectivity index (χ1n) is 3.88. The lowest BCUT2D eigenvalue weighted by Crippen LogP contribution is -2.14. The smallest absolute Gasteiger partial charge is 0.235 e. The average Bonchev–Trinajstić information content (AvgIpc) is 2.09. The van der Waals surface area contributed by atoms with Crippen molar-refractivity contribution in [3.05, 3.63) is 27.5 Å². The van der Waals surface area contributed by atoms with Crippen LogP contribution in [0.4, 0.5) is 0 Å². The van der Waals surface area contributed by atoms with Crippen LogP contribution in [0.25, 0.3) is 0 Å². The van der Waals surface area contributed by atoms with Crippen molar-refractivity contribution in [2.45, 2.75) is 19.4 Å². The van der Waals surface area contributed by atoms with Crippen LogP contribution in [0.2, 0.25) is 5.15 Å². The molecule has 0 saturated heterocycles. The van der Waals surface area contributed by atoms with Crippen LogP contribution in [0.15, 0.2) is 21.7 Å². The van der Waals surface area contributed by atoms with Gasteiger partial charge in [-0.2, -0.15) is 4.99 Å². The third-order valence-corrected chi connectivity index (χ3v) is 2.52. The van der Waals surface area contributed by atoms with E-state index in [2.05, 4.69) is 25.9 Å². The number of carbonyl (C=O) groups excluding carboxylic acids is 1. The van der Waals surface area contributed by atoms with Gasteiger partial charge in [0.1, 0.15) is 5.15 Å². The number of hydrogen-bond donors (Lipinski definition) is 0. The summed E-state index contributed by atoms with van der Waals surface area (Å²) < 4.78 is 0.797. The number of nitrogens with zero attached hydrogens (tertiary/aromatic N) is 2. The Morgan fingerprint density at radius 1 is 1.64 bits per heavy atom. The van der Waals surface area contributed by atoms with Crippen molar-refractivity contribution in [2.24, 2.45) is 4.99 Å². The fraction of sp³-hybridized carbons (Fsp3) is 0.333. The van der Waals surface area contributed by atoms with E-state index in [1.54, 1.807) is 26.1 Å². The van der Waals surface area contributed by atoms with E-state index in [4.69, 9.17) is 11.6 Å². The molecular formula is C9H8BrClN2O. The summed E-state index contributed by atoms with van der Waals surface area (Å²) in [6.45, 7) is 3.54. The molecule has 0 fully saturated rings. The molecule has 14 heavy (non-hydrogen) atoms. The Morgan fingerprint density at radius 3 is 2.86 bits per heavy atom. The van der Waals surface area contributed by atoms with Crippen LogP contribution >= 0.6 is 27.5 Å². The number of hydrogen-bond acceptors (Lipinski definition) is 3. The molecule has 0 amide bonds. The third-order valence-electron chi connectivity index (χ3n) is 1.79. The monoisotopic (exact) mass is 274 g/mol. The van der Waals surface area contributed by atoms with Gasteiger partial charge in [-0.25, -0.2) is 9.78 Å². The molecule has 5 heteroatoms. The summed E-state index contributed by atoms with van der Waals surface area (Å²) in [5.74, 6) is 0. The van der Waals surface area contributed by atoms with Crippen LogP contribution in [0.3, 0.4) is 0 Å². The van der Waals surface area contributed by atoms with E-state index >= 15 is 0 Å². The second-order valence-electron chi connectivity index (χ2n) is 3.25. The molecule has 3 nitrogen and oxygen atoms in total. The molecule has 0 aromatic carbocycles. The number of aromatic nitrogens is 1. The zero-order valence-corrected chi connectivity index (χ0v) is 10.1. The summed E-state index contributed by atoms with van der Waals surface area (Å²) in [6.07, 6.45) is 3.12. The normalized spacial score (nSPS) is 10.9. The first-order chi connectivity index (χ1) is 6.47. The Hall–Kier alpha value is -0.700. The standard InChI is InChI=1S/C9H8BrClN2O/c1-9(2,13-5-14)7-3-6(10)4-12-8(7)11/h3-4H,1-2H3. The van der Waals surface area contributed by atoms with Gasteiger partial charge >= 0.3 is 0 Å². The molecule has 0 N–H and O–H groups in total. The molecule has 0 aliphatic heterocycles. The number of rotatable bonds is 2. The first-order valence-corrected chi connectivity index (χ1v) is 5.05. The minimum atomic E-state index is -0.699. The van der Waals surface area contributed by atoms with E-state index in [1.165, 1.54) is 6.08 Å². The van der Waals surface area contributed by atoms with Gasteiger partial charge in [-0.05, 0) is 35.8 Å². The van der Waals surface area contributed by atoms with Crippen molar-refractivity contribution in [3.8, 4) is 0 Å². The fourth-order valence-electron chi connectivity index (χ4n) is 1.03. The molecule has 0 aliphatic carbocycles. The second kappa shape index (κ2) is 4.22. The van der Waals surface area contributed by atoms with Gasteiger partial charge in [0.05, 0.1) is 5.54 Å². The zero-order valence-electron chi connectivity index (χ0n) is 7.71. The molecule has 1 aromatic heterocycles. The lowest BCUT2D eigenvalue weighted by atomic mass is 9.97. The van der Waals surface area contributed by atoms with E-state index in [0.29, 0.717) is 10.7 Å². The second-order valence-corrected chi connectivity index (χ2v) is 4.53. The molecule has 0 saturated carbocycles. The lowest BCUT2D eigenvalue weighted by molar-refractivity contribution is 0.521. The number of isocyanates is 1. The van der Waals surface area contributed by atoms with Gasteiger partial charge in [-0.1, -0.05) is 11.6 Å². The van der Waals surface area contributed by atoms with Gasteiger partial charge in [0.15, 0.2) is 0 Å². The van der Waals surface area contributed by atoms with Crippen LogP contribution in [0, 0.1) is 0 Å². The van der Waals surface area contributed by atoms with E-state index < -0.39 is 5.54 Å². The molecule has 1 heterocycles. The van der Waals surface area contributed by atoms with Crippen molar-refractivity contribution < 1.29 is 4.79 Å². The molecule has 0 spiro atoms. The Bertz CT molecular complexity index is 400. The summed E-state index contributed by atoms with van der Waals surface area (Å²) in [5, 5.41) is 0.345. The number of aliphatic imine (C=N–C) groups is 1. The van der Waals surface area contributed by atoms with Crippen molar-refractivity contribution in [1.29, 1.82) is 0 Å². The molecule has 0 bridgehead atoms. The van der Waals surface area contributed by atoms with Gasteiger partial charge < -0.3 is 0 Å². The quantitative estimate of drug-likeness (QED) is 0.473. The zero-order chi connectivity index (χ0) is 10.8. The molecule has 1 rings (SSSR count). The van der Waals surface area contributed by atoms with Crippen LogP contribution in [-0.4, -0.2) is 11.1 Å². The average molecular weight is 276 g/mol. The Balaban J connectivity index is 3.30. The minimum absolute atomic E-state index is 0.345. The highest BCUT2D eigenvalue weighted by atomic mass is 79.9. The van der Waals surface area contributed by atoms with Crippen molar-refractivity contribution in [3.63, 3.8) is 0 Å². The van der Waals surface area contributed by atoms with Gasteiger partial charge in [0.25, 0.3) is 0 Å². The van der Waals surface area contributed by atoms with Crippen LogP contribution in [-0.2, 0) is 10.3 Å². The summed E-state index contributed by atoms with van der Waals surface area (Å²) >= 11 is 9.17. The third kappa shape index (κ3) is 2.41. The summed E-state index contributed by atoms with van der Waals surface area (Å²) in [6, 6.07) is 1.79. The maximum atomic E-state index is 10.2. The first kappa shape index (κ1) is 11.4. The van der Waals surface area contributed by atoms with Crippen LogP contribution in [0.1, 0.15) is 19.4 Å². The van der Waals surface area contributed by atoms with Crippen molar-refractivity contribution in [1.82, 2.24) is 4.98 Å². The van der Waals surface area contributed by atoms with Crippen molar-refractivity contribution in [2.75, 3.05) is 0 Å². The molecule has 0 radical (unpaired) electrons. The molecule has 74 valence electrons. The summed E-state index contributed by atoms with van der Waals surface area (Å²) in [7, 11) is 0. The van der Waals surface area contributed by atoms with Crippen molar-refractivity contribution >= 4 is 33.6 Å². The van der Waals surface area contributed by atoms with E-state index in [0.717, 1.165) is 4.47 Å². The highest BCUT2D eigenvalue weighted by Gasteiger charge is 2.23. The molecule has 0 atom stereocenters. The van der Waals surface area contributed by atoms with Crippen LogP contribution in [0.5, 0.6) is 0 Å². The molecule has 0 unspecified atom stereocenters. The molecule has 0 aliphatic rings. The predicted molar refractivity (Wildman–Crippen MR) is 58.1 cm³/mol. The van der Waals surface area contributed by atoms with E-state index in [9.17, 15) is 4.79 Å². The summed E-state index contributed by atoms with van der Waals surface area (Å²) in [4.78, 5) is 17.9. The Labute approximate surface area is 95.3 Å². The summed E-state index contributed by atoms with van der Waals surface area (Å²) in [5.41, 5.74) is -0.00723. The highest BCUT2D eigenvalue weighted by molar-refractivity contribution is 9.10. The topological polar surface area (TPSA) is 42.3 Å². The number of pyridine rings is 1.